The molecule has 4 rings (SSSR count). The van der Waals surface area contributed by atoms with Gasteiger partial charge in [0, 0.05) is 45.6 Å². The first-order valence-corrected chi connectivity index (χ1v) is 9.35. The van der Waals surface area contributed by atoms with Crippen LogP contribution in [0.3, 0.4) is 0 Å². The van der Waals surface area contributed by atoms with Crippen molar-refractivity contribution in [1.82, 2.24) is 5.32 Å². The van der Waals surface area contributed by atoms with E-state index in [9.17, 15) is 0 Å². The van der Waals surface area contributed by atoms with Crippen molar-refractivity contribution in [1.29, 1.82) is 0 Å². The number of hydrogen-bond donors (Lipinski definition) is 1. The Balaban J connectivity index is 1.45. The van der Waals surface area contributed by atoms with Gasteiger partial charge in [-0.15, -0.1) is 0 Å². The van der Waals surface area contributed by atoms with E-state index in [1.165, 1.54) is 61.9 Å². The number of ether oxygens (including phenoxy) is 2. The Morgan fingerprint density at radius 2 is 1.67 bits per heavy atom. The van der Waals surface area contributed by atoms with Crippen LogP contribution in [0.5, 0.6) is 0 Å². The first-order chi connectivity index (χ1) is 11.7. The molecule has 134 valence electrons. The Kier molecular flexibility index (Phi) is 5.93. The third kappa shape index (κ3) is 4.17. The van der Waals surface area contributed by atoms with E-state index in [1.807, 2.05) is 0 Å². The van der Waals surface area contributed by atoms with Gasteiger partial charge in [-0.1, -0.05) is 30.3 Å². The van der Waals surface area contributed by atoms with Gasteiger partial charge in [0.1, 0.15) is 6.54 Å². The fraction of sp³-hybridized carbons (Fsp3) is 0.700. The molecule has 0 saturated carbocycles. The molecular weight excluding hydrogens is 300 g/mol. The first-order valence-electron chi connectivity index (χ1n) is 9.35. The molecule has 4 nitrogen and oxygen atoms in total. The Labute approximate surface area is 146 Å². The molecule has 24 heavy (non-hydrogen) atoms. The SMILES string of the molecule is COC(CNCCC12CC[N+](Cc3ccccc3)(CC1)CC2)OC. The van der Waals surface area contributed by atoms with Crippen molar-refractivity contribution in [2.45, 2.75) is 38.5 Å². The Morgan fingerprint density at radius 3 is 2.25 bits per heavy atom. The van der Waals surface area contributed by atoms with E-state index in [2.05, 4.69) is 35.6 Å². The molecule has 0 spiro atoms. The van der Waals surface area contributed by atoms with E-state index < -0.39 is 0 Å². The van der Waals surface area contributed by atoms with Gasteiger partial charge < -0.3 is 19.3 Å². The summed E-state index contributed by atoms with van der Waals surface area (Å²) >= 11 is 0. The summed E-state index contributed by atoms with van der Waals surface area (Å²) in [5.74, 6) is 0. The zero-order valence-corrected chi connectivity index (χ0v) is 15.3. The van der Waals surface area contributed by atoms with Crippen molar-refractivity contribution >= 4 is 0 Å². The van der Waals surface area contributed by atoms with Gasteiger partial charge in [0.2, 0.25) is 0 Å². The van der Waals surface area contributed by atoms with Crippen molar-refractivity contribution < 1.29 is 14.0 Å². The summed E-state index contributed by atoms with van der Waals surface area (Å²) in [5, 5.41) is 3.51. The molecule has 2 bridgehead atoms. The van der Waals surface area contributed by atoms with Gasteiger partial charge in [-0.25, -0.2) is 0 Å². The standard InChI is InChI=1S/C20H33N2O2/c1-23-19(24-2)16-21-12-8-20-9-13-22(14-10-20,15-11-20)17-18-6-4-3-5-7-18/h3-7,19,21H,8-17H2,1-2H3/q+1. The molecule has 3 fully saturated rings. The van der Waals surface area contributed by atoms with Crippen molar-refractivity contribution in [2.75, 3.05) is 46.9 Å². The summed E-state index contributed by atoms with van der Waals surface area (Å²) in [6.07, 6.45) is 5.33. The lowest BCUT2D eigenvalue weighted by Gasteiger charge is -2.55. The normalized spacial score (nSPS) is 29.3. The topological polar surface area (TPSA) is 30.5 Å². The fourth-order valence-electron chi connectivity index (χ4n) is 4.55. The minimum atomic E-state index is -0.129. The van der Waals surface area contributed by atoms with Gasteiger partial charge in [-0.3, -0.25) is 0 Å². The summed E-state index contributed by atoms with van der Waals surface area (Å²) in [6, 6.07) is 11.0. The molecule has 0 unspecified atom stereocenters. The molecule has 1 N–H and O–H groups in total. The van der Waals surface area contributed by atoms with Crippen LogP contribution in [0.25, 0.3) is 0 Å². The maximum Gasteiger partial charge on any atom is 0.169 e. The molecule has 0 aliphatic carbocycles. The van der Waals surface area contributed by atoms with Gasteiger partial charge in [-0.2, -0.15) is 0 Å². The average molecular weight is 333 g/mol. The zero-order chi connectivity index (χ0) is 16.9. The Hall–Kier alpha value is -0.940. The van der Waals surface area contributed by atoms with Gasteiger partial charge >= 0.3 is 0 Å². The largest absolute Gasteiger partial charge is 0.355 e. The molecule has 1 aromatic rings. The third-order valence-electron chi connectivity index (χ3n) is 6.38. The zero-order valence-electron chi connectivity index (χ0n) is 15.3. The van der Waals surface area contributed by atoms with Gasteiger partial charge in [0.25, 0.3) is 0 Å². The molecule has 0 radical (unpaired) electrons. The number of benzene rings is 1. The number of nitrogens with one attached hydrogen (secondary N) is 1. The van der Waals surface area contributed by atoms with Crippen molar-refractivity contribution in [3.63, 3.8) is 0 Å². The second-order valence-corrected chi connectivity index (χ2v) is 7.76. The van der Waals surface area contributed by atoms with Crippen LogP contribution < -0.4 is 5.32 Å². The molecule has 3 heterocycles. The van der Waals surface area contributed by atoms with E-state index in [0.29, 0.717) is 5.41 Å². The van der Waals surface area contributed by atoms with Crippen LogP contribution in [0.4, 0.5) is 0 Å². The summed E-state index contributed by atoms with van der Waals surface area (Å²) < 4.78 is 11.8. The van der Waals surface area contributed by atoms with E-state index in [-0.39, 0.29) is 6.29 Å². The van der Waals surface area contributed by atoms with E-state index in [0.717, 1.165) is 13.1 Å². The summed E-state index contributed by atoms with van der Waals surface area (Å²) in [6.45, 7) is 7.13. The van der Waals surface area contributed by atoms with Crippen molar-refractivity contribution in [2.24, 2.45) is 5.41 Å². The van der Waals surface area contributed by atoms with Crippen LogP contribution in [0.15, 0.2) is 30.3 Å². The minimum absolute atomic E-state index is 0.129. The highest BCUT2D eigenvalue weighted by atomic mass is 16.7. The summed E-state index contributed by atoms with van der Waals surface area (Å²) in [5.41, 5.74) is 2.08. The predicted molar refractivity (Wildman–Crippen MR) is 96.6 cm³/mol. The minimum Gasteiger partial charge on any atom is -0.355 e. The fourth-order valence-corrected chi connectivity index (χ4v) is 4.55. The number of nitrogens with zero attached hydrogens (tertiary/aromatic N) is 1. The Morgan fingerprint density at radius 1 is 1.04 bits per heavy atom. The maximum atomic E-state index is 5.23. The van der Waals surface area contributed by atoms with Crippen LogP contribution in [-0.2, 0) is 16.0 Å². The number of hydrogen-bond acceptors (Lipinski definition) is 3. The van der Waals surface area contributed by atoms with E-state index >= 15 is 0 Å². The van der Waals surface area contributed by atoms with Gasteiger partial charge in [0.15, 0.2) is 6.29 Å². The highest BCUT2D eigenvalue weighted by Gasteiger charge is 2.48. The molecule has 3 saturated heterocycles. The maximum absolute atomic E-state index is 5.23. The molecule has 0 aromatic heterocycles. The molecule has 1 aromatic carbocycles. The van der Waals surface area contributed by atoms with Crippen molar-refractivity contribution in [3.05, 3.63) is 35.9 Å². The van der Waals surface area contributed by atoms with Crippen LogP contribution >= 0.6 is 0 Å². The molecule has 4 heteroatoms. The second kappa shape index (κ2) is 7.96. The number of methoxy groups -OCH3 is 2. The van der Waals surface area contributed by atoms with Crippen LogP contribution in [-0.4, -0.2) is 57.7 Å². The van der Waals surface area contributed by atoms with Gasteiger partial charge in [0.05, 0.1) is 19.6 Å². The highest BCUT2D eigenvalue weighted by molar-refractivity contribution is 5.13. The molecule has 3 aliphatic heterocycles. The number of fused-ring (bicyclic) bond motifs is 3. The molecule has 0 atom stereocenters. The average Bonchev–Trinajstić information content (AvgIpc) is 2.64. The number of rotatable bonds is 9. The number of piperidine rings is 3. The lowest BCUT2D eigenvalue weighted by atomic mass is 9.68. The molecule has 3 aliphatic rings. The molecular formula is C20H33N2O2+. The Bertz CT molecular complexity index is 477. The first kappa shape index (κ1) is 17.9. The van der Waals surface area contributed by atoms with Crippen LogP contribution in [0.1, 0.15) is 31.2 Å². The smallest absolute Gasteiger partial charge is 0.169 e. The summed E-state index contributed by atoms with van der Waals surface area (Å²) in [4.78, 5) is 0. The predicted octanol–water partition coefficient (Wildman–Crippen LogP) is 2.79. The summed E-state index contributed by atoms with van der Waals surface area (Å²) in [7, 11) is 3.39. The van der Waals surface area contributed by atoms with Crippen LogP contribution in [0.2, 0.25) is 0 Å². The molecule has 0 amide bonds. The van der Waals surface area contributed by atoms with Crippen LogP contribution in [0, 0.1) is 5.41 Å². The third-order valence-corrected chi connectivity index (χ3v) is 6.38. The monoisotopic (exact) mass is 333 g/mol. The quantitative estimate of drug-likeness (QED) is 0.428. The van der Waals surface area contributed by atoms with Crippen molar-refractivity contribution in [3.8, 4) is 0 Å². The number of quaternary nitrogens is 1. The van der Waals surface area contributed by atoms with E-state index in [1.54, 1.807) is 14.2 Å². The lowest BCUT2D eigenvalue weighted by molar-refractivity contribution is -0.957. The van der Waals surface area contributed by atoms with E-state index in [4.69, 9.17) is 9.47 Å². The highest BCUT2D eigenvalue weighted by Crippen LogP contribution is 2.46. The van der Waals surface area contributed by atoms with Gasteiger partial charge in [-0.05, 0) is 18.4 Å². The lowest BCUT2D eigenvalue weighted by Crippen LogP contribution is -2.61. The second-order valence-electron chi connectivity index (χ2n) is 7.76.